The van der Waals surface area contributed by atoms with Crippen molar-refractivity contribution in [3.63, 3.8) is 0 Å². The molecule has 0 radical (unpaired) electrons. The molecule has 0 atom stereocenters. The van der Waals surface area contributed by atoms with Gasteiger partial charge in [-0.15, -0.1) is 0 Å². The number of rotatable bonds is 4. The molecule has 108 valence electrons. The molecule has 0 saturated carbocycles. The number of hydrogen-bond acceptors (Lipinski definition) is 5. The molecule has 1 fully saturated rings. The lowest BCUT2D eigenvalue weighted by Crippen LogP contribution is -2.48. The summed E-state index contributed by atoms with van der Waals surface area (Å²) in [5.41, 5.74) is 0. The monoisotopic (exact) mass is 276 g/mol. The van der Waals surface area contributed by atoms with Crippen LogP contribution in [-0.4, -0.2) is 53.6 Å². The standard InChI is InChI=1S/C14H20N4O2/c1-3-20-11-5-13-15-6-4-14(16-13)18-9-7-17(8-10-18)12(2)19/h4-6,11H,3,7-10H2,1-2H3. The molecular formula is C14H20N4O2. The summed E-state index contributed by atoms with van der Waals surface area (Å²) < 4.78 is 5.14. The Balaban J connectivity index is 1.99. The second-order valence-corrected chi connectivity index (χ2v) is 4.52. The molecule has 20 heavy (non-hydrogen) atoms. The van der Waals surface area contributed by atoms with Crippen molar-refractivity contribution < 1.29 is 9.53 Å². The maximum absolute atomic E-state index is 11.3. The SMILES string of the molecule is CCOC=Cc1nccc(N2CCN(C(C)=O)CC2)n1. The summed E-state index contributed by atoms with van der Waals surface area (Å²) in [6.45, 7) is 7.24. The third-order valence-electron chi connectivity index (χ3n) is 3.19. The lowest BCUT2D eigenvalue weighted by atomic mass is 10.3. The van der Waals surface area contributed by atoms with E-state index in [1.807, 2.05) is 17.9 Å². The van der Waals surface area contributed by atoms with Crippen LogP contribution >= 0.6 is 0 Å². The molecule has 6 heteroatoms. The third kappa shape index (κ3) is 3.69. The van der Waals surface area contributed by atoms with Crippen LogP contribution in [0.2, 0.25) is 0 Å². The Morgan fingerprint density at radius 2 is 2.15 bits per heavy atom. The summed E-state index contributed by atoms with van der Waals surface area (Å²) in [6.07, 6.45) is 5.09. The summed E-state index contributed by atoms with van der Waals surface area (Å²) in [6, 6.07) is 1.89. The van der Waals surface area contributed by atoms with Crippen LogP contribution in [0.15, 0.2) is 18.5 Å². The maximum atomic E-state index is 11.3. The van der Waals surface area contributed by atoms with E-state index in [1.165, 1.54) is 0 Å². The van der Waals surface area contributed by atoms with Crippen LogP contribution in [-0.2, 0) is 9.53 Å². The van der Waals surface area contributed by atoms with Crippen molar-refractivity contribution in [2.24, 2.45) is 0 Å². The Labute approximate surface area is 119 Å². The molecule has 2 rings (SSSR count). The highest BCUT2D eigenvalue weighted by molar-refractivity contribution is 5.73. The lowest BCUT2D eigenvalue weighted by molar-refractivity contribution is -0.129. The average Bonchev–Trinajstić information content (AvgIpc) is 2.48. The highest BCUT2D eigenvalue weighted by atomic mass is 16.5. The predicted octanol–water partition coefficient (Wildman–Crippen LogP) is 1.15. The molecule has 6 nitrogen and oxygen atoms in total. The quantitative estimate of drug-likeness (QED) is 0.772. The van der Waals surface area contributed by atoms with E-state index in [0.29, 0.717) is 12.4 Å². The molecule has 0 unspecified atom stereocenters. The normalized spacial score (nSPS) is 15.7. The van der Waals surface area contributed by atoms with Crippen molar-refractivity contribution in [3.05, 3.63) is 24.3 Å². The highest BCUT2D eigenvalue weighted by Gasteiger charge is 2.19. The minimum atomic E-state index is 0.132. The molecule has 2 heterocycles. The lowest BCUT2D eigenvalue weighted by Gasteiger charge is -2.34. The van der Waals surface area contributed by atoms with Gasteiger partial charge in [0.2, 0.25) is 5.91 Å². The van der Waals surface area contributed by atoms with E-state index in [9.17, 15) is 4.79 Å². The zero-order valence-electron chi connectivity index (χ0n) is 12.0. The molecule has 0 spiro atoms. The molecule has 1 aromatic heterocycles. The first-order chi connectivity index (χ1) is 9.70. The van der Waals surface area contributed by atoms with Crippen LogP contribution in [0.25, 0.3) is 6.08 Å². The minimum absolute atomic E-state index is 0.132. The second kappa shape index (κ2) is 6.88. The van der Waals surface area contributed by atoms with Crippen LogP contribution in [0.5, 0.6) is 0 Å². The van der Waals surface area contributed by atoms with Gasteiger partial charge < -0.3 is 14.5 Å². The van der Waals surface area contributed by atoms with Crippen molar-refractivity contribution in [1.82, 2.24) is 14.9 Å². The van der Waals surface area contributed by atoms with Gasteiger partial charge in [0, 0.05) is 45.4 Å². The average molecular weight is 276 g/mol. The first kappa shape index (κ1) is 14.3. The Morgan fingerprint density at radius 3 is 2.80 bits per heavy atom. The summed E-state index contributed by atoms with van der Waals surface area (Å²) in [5, 5.41) is 0. The van der Waals surface area contributed by atoms with Crippen LogP contribution in [0.1, 0.15) is 19.7 Å². The van der Waals surface area contributed by atoms with Gasteiger partial charge in [0.05, 0.1) is 12.9 Å². The molecule has 0 bridgehead atoms. The van der Waals surface area contributed by atoms with Crippen LogP contribution < -0.4 is 4.90 Å². The van der Waals surface area contributed by atoms with Gasteiger partial charge in [-0.2, -0.15) is 0 Å². The van der Waals surface area contributed by atoms with E-state index in [1.54, 1.807) is 25.5 Å². The molecular weight excluding hydrogens is 256 g/mol. The second-order valence-electron chi connectivity index (χ2n) is 4.52. The first-order valence-electron chi connectivity index (χ1n) is 6.82. The number of nitrogens with zero attached hydrogens (tertiary/aromatic N) is 4. The highest BCUT2D eigenvalue weighted by Crippen LogP contribution is 2.13. The van der Waals surface area contributed by atoms with E-state index in [4.69, 9.17) is 4.74 Å². The third-order valence-corrected chi connectivity index (χ3v) is 3.19. The zero-order valence-corrected chi connectivity index (χ0v) is 12.0. The fourth-order valence-corrected chi connectivity index (χ4v) is 2.08. The molecule has 1 saturated heterocycles. The Bertz CT molecular complexity index is 482. The summed E-state index contributed by atoms with van der Waals surface area (Å²) in [4.78, 5) is 24.0. The van der Waals surface area contributed by atoms with Gasteiger partial charge in [0.15, 0.2) is 5.82 Å². The van der Waals surface area contributed by atoms with E-state index in [0.717, 1.165) is 32.0 Å². The van der Waals surface area contributed by atoms with Gasteiger partial charge in [0.25, 0.3) is 0 Å². The van der Waals surface area contributed by atoms with Gasteiger partial charge in [0.1, 0.15) is 5.82 Å². The van der Waals surface area contributed by atoms with Crippen molar-refractivity contribution >= 4 is 17.8 Å². The van der Waals surface area contributed by atoms with Gasteiger partial charge >= 0.3 is 0 Å². The van der Waals surface area contributed by atoms with Crippen molar-refractivity contribution in [3.8, 4) is 0 Å². The first-order valence-corrected chi connectivity index (χ1v) is 6.82. The molecule has 0 aliphatic carbocycles. The largest absolute Gasteiger partial charge is 0.501 e. The predicted molar refractivity (Wildman–Crippen MR) is 77.2 cm³/mol. The number of carbonyl (C=O) groups is 1. The summed E-state index contributed by atoms with van der Waals surface area (Å²) in [5.74, 6) is 1.65. The van der Waals surface area contributed by atoms with Crippen LogP contribution in [0.4, 0.5) is 5.82 Å². The van der Waals surface area contributed by atoms with Crippen LogP contribution in [0, 0.1) is 0 Å². The van der Waals surface area contributed by atoms with Gasteiger partial charge in [-0.3, -0.25) is 4.79 Å². The van der Waals surface area contributed by atoms with Crippen molar-refractivity contribution in [1.29, 1.82) is 0 Å². The number of aromatic nitrogens is 2. The Hall–Kier alpha value is -2.11. The fourth-order valence-electron chi connectivity index (χ4n) is 2.08. The summed E-state index contributed by atoms with van der Waals surface area (Å²) in [7, 11) is 0. The maximum Gasteiger partial charge on any atom is 0.219 e. The zero-order chi connectivity index (χ0) is 14.4. The van der Waals surface area contributed by atoms with Crippen molar-refractivity contribution in [2.75, 3.05) is 37.7 Å². The van der Waals surface area contributed by atoms with E-state index < -0.39 is 0 Å². The smallest absolute Gasteiger partial charge is 0.219 e. The number of anilines is 1. The number of hydrogen-bond donors (Lipinski definition) is 0. The number of piperazine rings is 1. The van der Waals surface area contributed by atoms with Gasteiger partial charge in [-0.25, -0.2) is 9.97 Å². The molecule has 0 N–H and O–H groups in total. The van der Waals surface area contributed by atoms with E-state index >= 15 is 0 Å². The Morgan fingerprint density at radius 1 is 1.40 bits per heavy atom. The molecule has 1 aromatic rings. The molecule has 1 aliphatic heterocycles. The van der Waals surface area contributed by atoms with Gasteiger partial charge in [-0.05, 0) is 13.0 Å². The van der Waals surface area contributed by atoms with Gasteiger partial charge in [-0.1, -0.05) is 0 Å². The van der Waals surface area contributed by atoms with E-state index in [2.05, 4.69) is 14.9 Å². The Kier molecular flexibility index (Phi) is 4.92. The molecule has 0 aromatic carbocycles. The molecule has 1 amide bonds. The number of ether oxygens (including phenoxy) is 1. The molecule has 1 aliphatic rings. The minimum Gasteiger partial charge on any atom is -0.501 e. The number of carbonyl (C=O) groups excluding carboxylic acids is 1. The fraction of sp³-hybridized carbons (Fsp3) is 0.500. The number of amides is 1. The topological polar surface area (TPSA) is 58.6 Å². The summed E-state index contributed by atoms with van der Waals surface area (Å²) >= 11 is 0. The van der Waals surface area contributed by atoms with E-state index in [-0.39, 0.29) is 5.91 Å². The van der Waals surface area contributed by atoms with Crippen LogP contribution in [0.3, 0.4) is 0 Å². The van der Waals surface area contributed by atoms with Crippen molar-refractivity contribution in [2.45, 2.75) is 13.8 Å².